The quantitative estimate of drug-likeness (QED) is 0.815. The monoisotopic (exact) mass is 257 g/mol. The van der Waals surface area contributed by atoms with Gasteiger partial charge in [-0.1, -0.05) is 0 Å². The Morgan fingerprint density at radius 3 is 2.76 bits per heavy atom. The molecule has 0 saturated carbocycles. The van der Waals surface area contributed by atoms with Crippen LogP contribution in [0.3, 0.4) is 0 Å². The van der Waals surface area contributed by atoms with Gasteiger partial charge in [-0.25, -0.2) is 0 Å². The van der Waals surface area contributed by atoms with Crippen LogP contribution in [-0.2, 0) is 0 Å². The molecule has 0 aliphatic rings. The van der Waals surface area contributed by atoms with E-state index >= 15 is 0 Å². The molecule has 1 amide bonds. The second-order valence-electron chi connectivity index (χ2n) is 3.96. The van der Waals surface area contributed by atoms with Gasteiger partial charge in [0.2, 0.25) is 0 Å². The van der Waals surface area contributed by atoms with Gasteiger partial charge in [0.05, 0.1) is 5.56 Å². The third-order valence-corrected chi connectivity index (χ3v) is 3.20. The molecule has 0 aliphatic carbocycles. The van der Waals surface area contributed by atoms with Gasteiger partial charge in [-0.15, -0.1) is 0 Å². The van der Waals surface area contributed by atoms with Crippen LogP contribution in [0.25, 0.3) is 0 Å². The fourth-order valence-corrected chi connectivity index (χ4v) is 2.33. The number of amides is 1. The lowest BCUT2D eigenvalue weighted by atomic mass is 10.2. The van der Waals surface area contributed by atoms with E-state index in [9.17, 15) is 4.79 Å². The standard InChI is InChI=1S/C12H19NO3S/c1-8-6-11(9(2)16-8)12(15)13-10(4-5-14)7-17-3/h6,10,14H,4-5,7H2,1-3H3,(H,13,15). The first-order valence-electron chi connectivity index (χ1n) is 5.56. The van der Waals surface area contributed by atoms with Crippen LogP contribution >= 0.6 is 11.8 Å². The van der Waals surface area contributed by atoms with Crippen molar-refractivity contribution in [1.29, 1.82) is 0 Å². The zero-order chi connectivity index (χ0) is 12.8. The van der Waals surface area contributed by atoms with Crippen molar-refractivity contribution in [2.75, 3.05) is 18.6 Å². The van der Waals surface area contributed by atoms with E-state index in [1.54, 1.807) is 24.8 Å². The first-order chi connectivity index (χ1) is 8.08. The molecule has 2 N–H and O–H groups in total. The molecule has 17 heavy (non-hydrogen) atoms. The molecule has 1 heterocycles. The zero-order valence-electron chi connectivity index (χ0n) is 10.4. The van der Waals surface area contributed by atoms with Crippen LogP contribution in [0.2, 0.25) is 0 Å². The molecule has 0 bridgehead atoms. The summed E-state index contributed by atoms with van der Waals surface area (Å²) in [5.41, 5.74) is 0.576. The molecule has 96 valence electrons. The van der Waals surface area contributed by atoms with Crippen molar-refractivity contribution in [3.05, 3.63) is 23.2 Å². The average Bonchev–Trinajstić information content (AvgIpc) is 2.58. The molecule has 0 spiro atoms. The highest BCUT2D eigenvalue weighted by Crippen LogP contribution is 2.14. The van der Waals surface area contributed by atoms with E-state index in [2.05, 4.69) is 5.32 Å². The van der Waals surface area contributed by atoms with E-state index in [-0.39, 0.29) is 18.6 Å². The van der Waals surface area contributed by atoms with E-state index < -0.39 is 0 Å². The van der Waals surface area contributed by atoms with Gasteiger partial charge in [-0.2, -0.15) is 11.8 Å². The van der Waals surface area contributed by atoms with Crippen molar-refractivity contribution in [3.63, 3.8) is 0 Å². The van der Waals surface area contributed by atoms with E-state index in [1.807, 2.05) is 13.2 Å². The number of rotatable bonds is 6. The Kier molecular flexibility index (Phi) is 5.58. The van der Waals surface area contributed by atoms with E-state index in [0.29, 0.717) is 17.7 Å². The number of aryl methyl sites for hydroxylation is 2. The number of furan rings is 1. The molecular formula is C12H19NO3S. The summed E-state index contributed by atoms with van der Waals surface area (Å²) in [5, 5.41) is 11.8. The summed E-state index contributed by atoms with van der Waals surface area (Å²) >= 11 is 1.65. The van der Waals surface area contributed by atoms with E-state index in [1.165, 1.54) is 0 Å². The van der Waals surface area contributed by atoms with Crippen molar-refractivity contribution < 1.29 is 14.3 Å². The molecule has 1 unspecified atom stereocenters. The Bertz CT molecular complexity index is 370. The largest absolute Gasteiger partial charge is 0.466 e. The summed E-state index contributed by atoms with van der Waals surface area (Å²) in [6.45, 7) is 3.67. The number of carbonyl (C=O) groups is 1. The lowest BCUT2D eigenvalue weighted by molar-refractivity contribution is 0.0934. The second kappa shape index (κ2) is 6.71. The Balaban J connectivity index is 2.66. The van der Waals surface area contributed by atoms with Crippen LogP contribution < -0.4 is 5.32 Å². The summed E-state index contributed by atoms with van der Waals surface area (Å²) in [4.78, 5) is 12.0. The second-order valence-corrected chi connectivity index (χ2v) is 4.88. The summed E-state index contributed by atoms with van der Waals surface area (Å²) in [5.74, 6) is 2.03. The van der Waals surface area contributed by atoms with Crippen LogP contribution in [0.4, 0.5) is 0 Å². The van der Waals surface area contributed by atoms with Crippen molar-refractivity contribution in [2.24, 2.45) is 0 Å². The summed E-state index contributed by atoms with van der Waals surface area (Å²) < 4.78 is 5.32. The minimum atomic E-state index is -0.133. The van der Waals surface area contributed by atoms with Crippen molar-refractivity contribution >= 4 is 17.7 Å². The average molecular weight is 257 g/mol. The highest BCUT2D eigenvalue weighted by atomic mass is 32.2. The molecule has 5 heteroatoms. The van der Waals surface area contributed by atoms with Crippen LogP contribution in [0.5, 0.6) is 0 Å². The molecule has 4 nitrogen and oxygen atoms in total. The van der Waals surface area contributed by atoms with Gasteiger partial charge in [-0.05, 0) is 32.6 Å². The minimum absolute atomic E-state index is 0.00268. The molecule has 0 fully saturated rings. The van der Waals surface area contributed by atoms with Crippen molar-refractivity contribution in [3.8, 4) is 0 Å². The van der Waals surface area contributed by atoms with Gasteiger partial charge in [0, 0.05) is 18.4 Å². The van der Waals surface area contributed by atoms with Gasteiger partial charge in [-0.3, -0.25) is 4.79 Å². The number of hydrogen-bond acceptors (Lipinski definition) is 4. The molecule has 1 atom stereocenters. The van der Waals surface area contributed by atoms with Crippen LogP contribution in [-0.4, -0.2) is 35.7 Å². The molecule has 0 radical (unpaired) electrons. The van der Waals surface area contributed by atoms with Gasteiger partial charge in [0.15, 0.2) is 0 Å². The minimum Gasteiger partial charge on any atom is -0.466 e. The number of thioether (sulfide) groups is 1. The molecule has 1 aromatic rings. The molecule has 1 rings (SSSR count). The molecule has 1 aromatic heterocycles. The predicted molar refractivity (Wildman–Crippen MR) is 69.5 cm³/mol. The smallest absolute Gasteiger partial charge is 0.255 e. The van der Waals surface area contributed by atoms with Gasteiger partial charge in [0.25, 0.3) is 5.91 Å². The van der Waals surface area contributed by atoms with Crippen molar-refractivity contribution in [2.45, 2.75) is 26.3 Å². The fourth-order valence-electron chi connectivity index (χ4n) is 1.67. The molecular weight excluding hydrogens is 238 g/mol. The van der Waals surface area contributed by atoms with E-state index in [4.69, 9.17) is 9.52 Å². The zero-order valence-corrected chi connectivity index (χ0v) is 11.3. The third kappa shape index (κ3) is 4.09. The van der Waals surface area contributed by atoms with Crippen molar-refractivity contribution in [1.82, 2.24) is 5.32 Å². The normalized spacial score (nSPS) is 12.5. The summed E-state index contributed by atoms with van der Waals surface area (Å²) in [6, 6.07) is 1.73. The topological polar surface area (TPSA) is 62.5 Å². The van der Waals surface area contributed by atoms with Crippen LogP contribution in [0.15, 0.2) is 10.5 Å². The van der Waals surface area contributed by atoms with Gasteiger partial charge >= 0.3 is 0 Å². The SMILES string of the molecule is CSCC(CCO)NC(=O)c1cc(C)oc1C. The maximum Gasteiger partial charge on any atom is 0.255 e. The Hall–Kier alpha value is -0.940. The van der Waals surface area contributed by atoms with Gasteiger partial charge in [0.1, 0.15) is 11.5 Å². The molecule has 0 aliphatic heterocycles. The highest BCUT2D eigenvalue weighted by Gasteiger charge is 2.17. The maximum atomic E-state index is 12.0. The Morgan fingerprint density at radius 2 is 2.29 bits per heavy atom. The Labute approximate surface area is 106 Å². The lowest BCUT2D eigenvalue weighted by Gasteiger charge is -2.16. The van der Waals surface area contributed by atoms with Crippen LogP contribution in [0.1, 0.15) is 28.3 Å². The number of hydrogen-bond donors (Lipinski definition) is 2. The lowest BCUT2D eigenvalue weighted by Crippen LogP contribution is -2.37. The fraction of sp³-hybridized carbons (Fsp3) is 0.583. The Morgan fingerprint density at radius 1 is 1.59 bits per heavy atom. The van der Waals surface area contributed by atoms with E-state index in [0.717, 1.165) is 11.5 Å². The first kappa shape index (κ1) is 14.1. The maximum absolute atomic E-state index is 12.0. The first-order valence-corrected chi connectivity index (χ1v) is 6.95. The van der Waals surface area contributed by atoms with Crippen LogP contribution in [0, 0.1) is 13.8 Å². The number of aliphatic hydroxyl groups is 1. The number of aliphatic hydroxyl groups excluding tert-OH is 1. The highest BCUT2D eigenvalue weighted by molar-refractivity contribution is 7.98. The summed E-state index contributed by atoms with van der Waals surface area (Å²) in [7, 11) is 0. The summed E-state index contributed by atoms with van der Waals surface area (Å²) in [6.07, 6.45) is 2.55. The predicted octanol–water partition coefficient (Wildman–Crippen LogP) is 1.74. The molecule has 0 saturated heterocycles. The third-order valence-electron chi connectivity index (χ3n) is 2.47. The molecule has 0 aromatic carbocycles. The van der Waals surface area contributed by atoms with Gasteiger partial charge < -0.3 is 14.8 Å². The number of carbonyl (C=O) groups excluding carboxylic acids is 1. The number of nitrogens with one attached hydrogen (secondary N) is 1.